The van der Waals surface area contributed by atoms with E-state index in [4.69, 9.17) is 9.39 Å². The first-order valence-corrected chi connectivity index (χ1v) is 7.63. The van der Waals surface area contributed by atoms with Crippen molar-refractivity contribution in [2.24, 2.45) is 0 Å². The lowest BCUT2D eigenvalue weighted by atomic mass is 9.90. The molecule has 1 aromatic rings. The van der Waals surface area contributed by atoms with Crippen molar-refractivity contribution in [1.82, 2.24) is 5.48 Å². The predicted molar refractivity (Wildman–Crippen MR) is 65.9 cm³/mol. The molecule has 1 atom stereocenters. The maximum atomic E-state index is 13.5. The molecule has 1 aliphatic heterocycles. The Balaban J connectivity index is 2.51. The summed E-state index contributed by atoms with van der Waals surface area (Å²) in [6.07, 6.45) is 0.160. The van der Waals surface area contributed by atoms with Gasteiger partial charge in [-0.25, -0.2) is 8.78 Å². The molecule has 0 saturated carbocycles. The topological polar surface area (TPSA) is 75.6 Å². The van der Waals surface area contributed by atoms with Crippen LogP contribution >= 0.6 is 15.9 Å². The molecule has 1 saturated heterocycles. The van der Waals surface area contributed by atoms with Gasteiger partial charge in [-0.05, 0) is 40.0 Å². The van der Waals surface area contributed by atoms with Crippen LogP contribution in [0.1, 0.15) is 12.0 Å². The van der Waals surface area contributed by atoms with Gasteiger partial charge in [0.25, 0.3) is 10.1 Å². The molecule has 0 aromatic heterocycles. The Kier molecular flexibility index (Phi) is 3.94. The number of hydroxylamine groups is 1. The molecule has 1 heterocycles. The highest BCUT2D eigenvalue weighted by atomic mass is 79.9. The Bertz CT molecular complexity index is 579. The summed E-state index contributed by atoms with van der Waals surface area (Å²) in [5, 5.41) is 0. The summed E-state index contributed by atoms with van der Waals surface area (Å²) in [4.78, 5) is 4.89. The lowest BCUT2D eigenvalue weighted by Gasteiger charge is -2.27. The van der Waals surface area contributed by atoms with E-state index in [1.807, 2.05) is 0 Å². The van der Waals surface area contributed by atoms with Crippen LogP contribution in [0.25, 0.3) is 0 Å². The van der Waals surface area contributed by atoms with Gasteiger partial charge in [0.15, 0.2) is 0 Å². The van der Waals surface area contributed by atoms with E-state index < -0.39 is 33.0 Å². The molecule has 19 heavy (non-hydrogen) atoms. The highest BCUT2D eigenvalue weighted by molar-refractivity contribution is 9.10. The van der Waals surface area contributed by atoms with Gasteiger partial charge in [-0.2, -0.15) is 13.9 Å². The third-order valence-corrected chi connectivity index (χ3v) is 4.48. The smallest absolute Gasteiger partial charge is 0.267 e. The maximum absolute atomic E-state index is 13.5. The number of rotatable bonds is 3. The first kappa shape index (κ1) is 14.8. The number of nitrogens with one attached hydrogen (secondary N) is 1. The van der Waals surface area contributed by atoms with E-state index in [9.17, 15) is 17.2 Å². The first-order chi connectivity index (χ1) is 8.73. The van der Waals surface area contributed by atoms with Crippen LogP contribution in [0, 0.1) is 11.6 Å². The zero-order valence-electron chi connectivity index (χ0n) is 9.49. The van der Waals surface area contributed by atoms with Crippen LogP contribution in [-0.2, 0) is 20.5 Å². The van der Waals surface area contributed by atoms with Gasteiger partial charge in [0.2, 0.25) is 0 Å². The second-order valence-corrected chi connectivity index (χ2v) is 6.51. The number of halogens is 3. The standard InChI is InChI=1S/C10H10BrF2NO4S/c11-9-7(12)3-6(4-8(9)13)10(1-2-18-14-10)5-19(15,16)17/h3-4,14H,1-2,5H2,(H,15,16,17). The van der Waals surface area contributed by atoms with Gasteiger partial charge in [0, 0.05) is 0 Å². The molecular formula is C10H10BrF2NO4S. The number of benzene rings is 1. The van der Waals surface area contributed by atoms with Crippen molar-refractivity contribution in [2.45, 2.75) is 12.0 Å². The van der Waals surface area contributed by atoms with Gasteiger partial charge < -0.3 is 4.84 Å². The van der Waals surface area contributed by atoms with Crippen LogP contribution in [0.15, 0.2) is 16.6 Å². The predicted octanol–water partition coefficient (Wildman–Crippen LogP) is 1.74. The largest absolute Gasteiger partial charge is 0.301 e. The monoisotopic (exact) mass is 357 g/mol. The Morgan fingerprint density at radius 2 is 2.00 bits per heavy atom. The molecule has 0 amide bonds. The summed E-state index contributed by atoms with van der Waals surface area (Å²) in [5.74, 6) is -2.46. The second kappa shape index (κ2) is 5.06. The fourth-order valence-electron chi connectivity index (χ4n) is 2.00. The highest BCUT2D eigenvalue weighted by Crippen LogP contribution is 2.33. The number of hydrogen-bond donors (Lipinski definition) is 2. The van der Waals surface area contributed by atoms with Gasteiger partial charge in [0.1, 0.15) is 17.4 Å². The van der Waals surface area contributed by atoms with Crippen molar-refractivity contribution < 1.29 is 26.6 Å². The van der Waals surface area contributed by atoms with Gasteiger partial charge in [-0.3, -0.25) is 4.55 Å². The minimum atomic E-state index is -4.35. The lowest BCUT2D eigenvalue weighted by molar-refractivity contribution is 0.0656. The van der Waals surface area contributed by atoms with Crippen LogP contribution in [0.2, 0.25) is 0 Å². The summed E-state index contributed by atoms with van der Waals surface area (Å²) < 4.78 is 57.8. The molecule has 9 heteroatoms. The van der Waals surface area contributed by atoms with Gasteiger partial charge in [-0.15, -0.1) is 0 Å². The molecule has 0 bridgehead atoms. The van der Waals surface area contributed by atoms with Crippen molar-refractivity contribution in [1.29, 1.82) is 0 Å². The van der Waals surface area contributed by atoms with Crippen molar-refractivity contribution in [2.75, 3.05) is 12.4 Å². The van der Waals surface area contributed by atoms with E-state index in [0.29, 0.717) is 0 Å². The molecule has 1 unspecified atom stereocenters. The summed E-state index contributed by atoms with van der Waals surface area (Å²) in [7, 11) is -4.35. The average molecular weight is 358 g/mol. The minimum absolute atomic E-state index is 0.0563. The van der Waals surface area contributed by atoms with E-state index in [0.717, 1.165) is 12.1 Å². The van der Waals surface area contributed by atoms with Crippen LogP contribution in [0.5, 0.6) is 0 Å². The molecule has 0 spiro atoms. The van der Waals surface area contributed by atoms with Crippen LogP contribution in [0.4, 0.5) is 8.78 Å². The minimum Gasteiger partial charge on any atom is -0.301 e. The van der Waals surface area contributed by atoms with Crippen molar-refractivity contribution >= 4 is 26.0 Å². The molecule has 1 fully saturated rings. The zero-order valence-corrected chi connectivity index (χ0v) is 11.9. The van der Waals surface area contributed by atoms with E-state index in [2.05, 4.69) is 21.4 Å². The first-order valence-electron chi connectivity index (χ1n) is 5.23. The molecule has 0 radical (unpaired) electrons. The summed E-state index contributed by atoms with van der Waals surface area (Å²) in [6, 6.07) is 2.00. The summed E-state index contributed by atoms with van der Waals surface area (Å²) in [6.45, 7) is 0.162. The fourth-order valence-corrected chi connectivity index (χ4v) is 3.22. The Labute approximate surface area is 116 Å². The highest BCUT2D eigenvalue weighted by Gasteiger charge is 2.41. The van der Waals surface area contributed by atoms with Gasteiger partial charge in [-0.1, -0.05) is 0 Å². The van der Waals surface area contributed by atoms with Gasteiger partial charge in [0.05, 0.1) is 16.6 Å². The fraction of sp³-hybridized carbons (Fsp3) is 0.400. The third-order valence-electron chi connectivity index (χ3n) is 2.86. The quantitative estimate of drug-likeness (QED) is 0.636. The average Bonchev–Trinajstić information content (AvgIpc) is 2.72. The lowest BCUT2D eigenvalue weighted by Crippen LogP contribution is -2.42. The molecule has 0 aliphatic carbocycles. The van der Waals surface area contributed by atoms with Crippen LogP contribution in [-0.4, -0.2) is 25.3 Å². The summed E-state index contributed by atoms with van der Waals surface area (Å²) >= 11 is 2.73. The summed E-state index contributed by atoms with van der Waals surface area (Å²) in [5.41, 5.74) is 1.12. The molecule has 1 aliphatic rings. The van der Waals surface area contributed by atoms with Crippen molar-refractivity contribution in [3.8, 4) is 0 Å². The molecule has 2 rings (SSSR count). The Morgan fingerprint density at radius 3 is 2.42 bits per heavy atom. The number of hydrogen-bond acceptors (Lipinski definition) is 4. The third kappa shape index (κ3) is 3.11. The molecular weight excluding hydrogens is 348 g/mol. The van der Waals surface area contributed by atoms with Crippen molar-refractivity contribution in [3.05, 3.63) is 33.8 Å². The van der Waals surface area contributed by atoms with E-state index in [1.165, 1.54) is 0 Å². The van der Waals surface area contributed by atoms with Gasteiger partial charge >= 0.3 is 0 Å². The maximum Gasteiger partial charge on any atom is 0.267 e. The Hall–Kier alpha value is -0.610. The molecule has 5 nitrogen and oxygen atoms in total. The van der Waals surface area contributed by atoms with Crippen LogP contribution in [0.3, 0.4) is 0 Å². The molecule has 2 N–H and O–H groups in total. The van der Waals surface area contributed by atoms with E-state index in [-0.39, 0.29) is 23.1 Å². The van der Waals surface area contributed by atoms with Crippen LogP contribution < -0.4 is 5.48 Å². The SMILES string of the molecule is O=S(=O)(O)CC1(c2cc(F)c(Br)c(F)c2)CCON1. The van der Waals surface area contributed by atoms with E-state index >= 15 is 0 Å². The Morgan fingerprint density at radius 1 is 1.42 bits per heavy atom. The molecule has 1 aromatic carbocycles. The van der Waals surface area contributed by atoms with Crippen molar-refractivity contribution in [3.63, 3.8) is 0 Å². The second-order valence-electron chi connectivity index (χ2n) is 4.26. The van der Waals surface area contributed by atoms with E-state index in [1.54, 1.807) is 0 Å². The normalized spacial score (nSPS) is 23.8. The zero-order chi connectivity index (χ0) is 14.3. The molecule has 106 valence electrons.